The third-order valence-electron chi connectivity index (χ3n) is 2.95. The number of carbonyl (C=O) groups is 2. The van der Waals surface area contributed by atoms with Crippen molar-refractivity contribution in [1.82, 2.24) is 5.32 Å². The zero-order valence-corrected chi connectivity index (χ0v) is 10.7. The predicted octanol–water partition coefficient (Wildman–Crippen LogP) is 2.16. The van der Waals surface area contributed by atoms with Gasteiger partial charge in [0.05, 0.1) is 5.92 Å². The highest BCUT2D eigenvalue weighted by Gasteiger charge is 2.23. The minimum absolute atomic E-state index is 0.224. The monoisotopic (exact) mass is 249 g/mol. The summed E-state index contributed by atoms with van der Waals surface area (Å²) < 4.78 is 0. The summed E-state index contributed by atoms with van der Waals surface area (Å²) in [6, 6.07) is 8.60. The van der Waals surface area contributed by atoms with E-state index >= 15 is 0 Å². The number of hydrogen-bond donors (Lipinski definition) is 2. The Balaban J connectivity index is 2.78. The molecule has 1 aromatic carbocycles. The average molecular weight is 249 g/mol. The van der Waals surface area contributed by atoms with E-state index in [9.17, 15) is 9.59 Å². The van der Waals surface area contributed by atoms with Gasteiger partial charge in [-0.2, -0.15) is 0 Å². The van der Waals surface area contributed by atoms with Crippen molar-refractivity contribution >= 4 is 11.9 Å². The highest BCUT2D eigenvalue weighted by atomic mass is 16.4. The van der Waals surface area contributed by atoms with E-state index in [-0.39, 0.29) is 11.8 Å². The molecule has 1 aromatic rings. The molecular formula is C14H19NO3. The zero-order valence-electron chi connectivity index (χ0n) is 10.7. The molecule has 0 radical (unpaired) electrons. The number of carbonyl (C=O) groups excluding carboxylic acids is 1. The molecule has 0 aliphatic carbocycles. The summed E-state index contributed by atoms with van der Waals surface area (Å²) in [6.45, 7) is 3.65. The van der Waals surface area contributed by atoms with Gasteiger partial charge in [-0.15, -0.1) is 0 Å². The molecule has 18 heavy (non-hydrogen) atoms. The third kappa shape index (κ3) is 3.58. The minimum Gasteiger partial charge on any atom is -0.480 e. The van der Waals surface area contributed by atoms with Gasteiger partial charge in [-0.3, -0.25) is 4.79 Å². The van der Waals surface area contributed by atoms with Crippen LogP contribution in [0.1, 0.15) is 38.2 Å². The summed E-state index contributed by atoms with van der Waals surface area (Å²) in [5.41, 5.74) is 0.915. The summed E-state index contributed by atoms with van der Waals surface area (Å²) in [7, 11) is 0. The van der Waals surface area contributed by atoms with Crippen molar-refractivity contribution in [3.8, 4) is 0 Å². The number of carboxylic acid groups (broad SMARTS) is 1. The van der Waals surface area contributed by atoms with Crippen LogP contribution < -0.4 is 5.32 Å². The van der Waals surface area contributed by atoms with Gasteiger partial charge in [0.1, 0.15) is 6.04 Å². The van der Waals surface area contributed by atoms with Crippen LogP contribution >= 0.6 is 0 Å². The Morgan fingerprint density at radius 3 is 2.22 bits per heavy atom. The highest BCUT2D eigenvalue weighted by Crippen LogP contribution is 2.19. The maximum atomic E-state index is 12.1. The van der Waals surface area contributed by atoms with Gasteiger partial charge in [-0.25, -0.2) is 4.79 Å². The maximum absolute atomic E-state index is 12.1. The second-order valence-electron chi connectivity index (χ2n) is 4.18. The quantitative estimate of drug-likeness (QED) is 0.812. The molecule has 2 atom stereocenters. The third-order valence-corrected chi connectivity index (χ3v) is 2.95. The van der Waals surface area contributed by atoms with Crippen molar-refractivity contribution in [2.24, 2.45) is 0 Å². The lowest BCUT2D eigenvalue weighted by Crippen LogP contribution is -2.42. The lowest BCUT2D eigenvalue weighted by atomic mass is 9.95. The van der Waals surface area contributed by atoms with Crippen molar-refractivity contribution in [2.75, 3.05) is 0 Å². The van der Waals surface area contributed by atoms with Crippen LogP contribution in [0.25, 0.3) is 0 Å². The predicted molar refractivity (Wildman–Crippen MR) is 69.3 cm³/mol. The second kappa shape index (κ2) is 6.79. The fraction of sp³-hybridized carbons (Fsp3) is 0.429. The van der Waals surface area contributed by atoms with Gasteiger partial charge in [-0.05, 0) is 18.4 Å². The van der Waals surface area contributed by atoms with Crippen LogP contribution in [0.2, 0.25) is 0 Å². The Morgan fingerprint density at radius 1 is 1.17 bits per heavy atom. The van der Waals surface area contributed by atoms with Gasteiger partial charge in [-0.1, -0.05) is 44.2 Å². The molecule has 1 rings (SSSR count). The van der Waals surface area contributed by atoms with E-state index in [2.05, 4.69) is 5.32 Å². The maximum Gasteiger partial charge on any atom is 0.326 e. The van der Waals surface area contributed by atoms with Gasteiger partial charge >= 0.3 is 5.97 Å². The van der Waals surface area contributed by atoms with Crippen LogP contribution in [0.3, 0.4) is 0 Å². The van der Waals surface area contributed by atoms with Crippen molar-refractivity contribution in [1.29, 1.82) is 0 Å². The average Bonchev–Trinajstić information content (AvgIpc) is 2.37. The molecule has 4 heteroatoms. The molecule has 0 spiro atoms. The van der Waals surface area contributed by atoms with E-state index in [1.165, 1.54) is 0 Å². The van der Waals surface area contributed by atoms with Crippen LogP contribution in [0.15, 0.2) is 30.3 Å². The van der Waals surface area contributed by atoms with Gasteiger partial charge in [0, 0.05) is 0 Å². The Bertz CT molecular complexity index is 403. The molecule has 98 valence electrons. The topological polar surface area (TPSA) is 66.4 Å². The molecular weight excluding hydrogens is 230 g/mol. The summed E-state index contributed by atoms with van der Waals surface area (Å²) in [6.07, 6.45) is 1.03. The fourth-order valence-electron chi connectivity index (χ4n) is 1.87. The van der Waals surface area contributed by atoms with Gasteiger partial charge in [0.15, 0.2) is 0 Å². The van der Waals surface area contributed by atoms with Crippen LogP contribution in [-0.4, -0.2) is 23.0 Å². The van der Waals surface area contributed by atoms with Gasteiger partial charge < -0.3 is 10.4 Å². The molecule has 1 unspecified atom stereocenters. The molecule has 0 fully saturated rings. The van der Waals surface area contributed by atoms with Crippen molar-refractivity contribution in [3.63, 3.8) is 0 Å². The van der Waals surface area contributed by atoms with Crippen LogP contribution in [-0.2, 0) is 9.59 Å². The lowest BCUT2D eigenvalue weighted by Gasteiger charge is -2.18. The molecule has 0 bridgehead atoms. The first-order chi connectivity index (χ1) is 8.60. The molecule has 0 heterocycles. The molecule has 4 nitrogen and oxygen atoms in total. The zero-order chi connectivity index (χ0) is 13.5. The van der Waals surface area contributed by atoms with Crippen molar-refractivity contribution < 1.29 is 14.7 Å². The largest absolute Gasteiger partial charge is 0.480 e. The van der Waals surface area contributed by atoms with Crippen LogP contribution in [0, 0.1) is 0 Å². The standard InChI is InChI=1S/C14H19NO3/c1-3-11(10-8-6-5-7-9-10)13(16)15-12(4-2)14(17)18/h5-9,11-12H,3-4H2,1-2H3,(H,15,16)(H,17,18)/t11?,12-/m1/s1. The highest BCUT2D eigenvalue weighted by molar-refractivity contribution is 5.88. The van der Waals surface area contributed by atoms with E-state index in [0.717, 1.165) is 5.56 Å². The number of hydrogen-bond acceptors (Lipinski definition) is 2. The first-order valence-electron chi connectivity index (χ1n) is 6.18. The Labute approximate surface area is 107 Å². The molecule has 0 aliphatic rings. The number of nitrogens with one attached hydrogen (secondary N) is 1. The Morgan fingerprint density at radius 2 is 1.78 bits per heavy atom. The molecule has 0 saturated carbocycles. The minimum atomic E-state index is -0.992. The van der Waals surface area contributed by atoms with E-state index in [0.29, 0.717) is 12.8 Å². The Kier molecular flexibility index (Phi) is 5.36. The number of amides is 1. The molecule has 1 amide bonds. The normalized spacial score (nSPS) is 13.7. The second-order valence-corrected chi connectivity index (χ2v) is 4.18. The molecule has 2 N–H and O–H groups in total. The summed E-state index contributed by atoms with van der Waals surface area (Å²) in [5.74, 6) is -1.51. The summed E-state index contributed by atoms with van der Waals surface area (Å²) in [5, 5.41) is 11.5. The summed E-state index contributed by atoms with van der Waals surface area (Å²) in [4.78, 5) is 23.0. The van der Waals surface area contributed by atoms with Crippen LogP contribution in [0.4, 0.5) is 0 Å². The number of benzene rings is 1. The van der Waals surface area contributed by atoms with E-state index < -0.39 is 12.0 Å². The van der Waals surface area contributed by atoms with Crippen LogP contribution in [0.5, 0.6) is 0 Å². The molecule has 0 saturated heterocycles. The van der Waals surface area contributed by atoms with E-state index in [4.69, 9.17) is 5.11 Å². The molecule has 0 aromatic heterocycles. The Hall–Kier alpha value is -1.84. The summed E-state index contributed by atoms with van der Waals surface area (Å²) >= 11 is 0. The lowest BCUT2D eigenvalue weighted by molar-refractivity contribution is -0.142. The van der Waals surface area contributed by atoms with Gasteiger partial charge in [0.25, 0.3) is 0 Å². The number of carboxylic acids is 1. The van der Waals surface area contributed by atoms with Crippen molar-refractivity contribution in [3.05, 3.63) is 35.9 Å². The number of aliphatic carboxylic acids is 1. The smallest absolute Gasteiger partial charge is 0.326 e. The SMILES string of the molecule is CCC(C(=O)N[C@H](CC)C(=O)O)c1ccccc1. The number of rotatable bonds is 6. The van der Waals surface area contributed by atoms with Gasteiger partial charge in [0.2, 0.25) is 5.91 Å². The van der Waals surface area contributed by atoms with Crippen molar-refractivity contribution in [2.45, 2.75) is 38.6 Å². The molecule has 0 aliphatic heterocycles. The first kappa shape index (κ1) is 14.2. The van der Waals surface area contributed by atoms with E-state index in [1.54, 1.807) is 6.92 Å². The van der Waals surface area contributed by atoms with E-state index in [1.807, 2.05) is 37.3 Å². The fourth-order valence-corrected chi connectivity index (χ4v) is 1.87. The first-order valence-corrected chi connectivity index (χ1v) is 6.18.